The van der Waals surface area contributed by atoms with Crippen LogP contribution in [-0.2, 0) is 6.42 Å². The van der Waals surface area contributed by atoms with Gasteiger partial charge in [-0.15, -0.1) is 0 Å². The molecule has 1 aliphatic heterocycles. The zero-order chi connectivity index (χ0) is 10.7. The first-order chi connectivity index (χ1) is 7.31. The van der Waals surface area contributed by atoms with Crippen molar-refractivity contribution in [3.05, 3.63) is 29.6 Å². The highest BCUT2D eigenvalue weighted by Gasteiger charge is 2.16. The molecule has 0 amide bonds. The highest BCUT2D eigenvalue weighted by atomic mass is 19.1. The molecule has 0 saturated carbocycles. The van der Waals surface area contributed by atoms with Crippen LogP contribution in [0.15, 0.2) is 18.2 Å². The maximum atomic E-state index is 13.1. The summed E-state index contributed by atoms with van der Waals surface area (Å²) < 4.78 is 13.1. The molecular weight excluding hydrogens is 191 g/mol. The van der Waals surface area contributed by atoms with Gasteiger partial charge in [0.05, 0.1) is 12.5 Å². The van der Waals surface area contributed by atoms with Crippen molar-refractivity contribution in [2.45, 2.75) is 19.3 Å². The fourth-order valence-corrected chi connectivity index (χ4v) is 2.02. The highest BCUT2D eigenvalue weighted by Crippen LogP contribution is 2.25. The van der Waals surface area contributed by atoms with Gasteiger partial charge in [0, 0.05) is 18.8 Å². The normalized spacial score (nSPS) is 15.3. The second-order valence-electron chi connectivity index (χ2n) is 3.80. The van der Waals surface area contributed by atoms with Crippen LogP contribution in [-0.4, -0.2) is 13.1 Å². The Morgan fingerprint density at radius 3 is 2.73 bits per heavy atom. The number of nitrogens with zero attached hydrogens (tertiary/aromatic N) is 2. The summed E-state index contributed by atoms with van der Waals surface area (Å²) in [7, 11) is 0. The Morgan fingerprint density at radius 1 is 1.33 bits per heavy atom. The van der Waals surface area contributed by atoms with Gasteiger partial charge in [-0.05, 0) is 30.5 Å². The van der Waals surface area contributed by atoms with E-state index in [2.05, 4.69) is 11.0 Å². The van der Waals surface area contributed by atoms with Gasteiger partial charge in [-0.25, -0.2) is 4.39 Å². The van der Waals surface area contributed by atoms with Gasteiger partial charge in [0.25, 0.3) is 0 Å². The Labute approximate surface area is 88.9 Å². The van der Waals surface area contributed by atoms with Gasteiger partial charge in [-0.1, -0.05) is 6.07 Å². The van der Waals surface area contributed by atoms with E-state index in [4.69, 9.17) is 5.26 Å². The molecule has 0 atom stereocenters. The lowest BCUT2D eigenvalue weighted by molar-refractivity contribution is 0.626. The van der Waals surface area contributed by atoms with Crippen LogP contribution < -0.4 is 4.90 Å². The average molecular weight is 204 g/mol. The number of benzene rings is 1. The lowest BCUT2D eigenvalue weighted by Gasteiger charge is -2.20. The summed E-state index contributed by atoms with van der Waals surface area (Å²) in [5.41, 5.74) is 1.83. The first kappa shape index (κ1) is 9.97. The van der Waals surface area contributed by atoms with Crippen LogP contribution in [0.25, 0.3) is 0 Å². The minimum absolute atomic E-state index is 0.224. The molecule has 0 aliphatic carbocycles. The number of hydrogen-bond acceptors (Lipinski definition) is 2. The number of hydrogen-bond donors (Lipinski definition) is 0. The first-order valence-corrected chi connectivity index (χ1v) is 5.21. The van der Waals surface area contributed by atoms with Crippen molar-refractivity contribution < 1.29 is 4.39 Å². The summed E-state index contributed by atoms with van der Waals surface area (Å²) in [6.45, 7) is 1.95. The van der Waals surface area contributed by atoms with Crippen molar-refractivity contribution >= 4 is 5.69 Å². The molecule has 1 saturated heterocycles. The summed E-state index contributed by atoms with van der Waals surface area (Å²) in [6, 6.07) is 6.80. The van der Waals surface area contributed by atoms with Crippen molar-refractivity contribution in [2.24, 2.45) is 0 Å². The van der Waals surface area contributed by atoms with Crippen molar-refractivity contribution in [1.82, 2.24) is 0 Å². The Bertz CT molecular complexity index is 389. The molecule has 1 aliphatic rings. The van der Waals surface area contributed by atoms with Gasteiger partial charge in [0.2, 0.25) is 0 Å². The van der Waals surface area contributed by atoms with E-state index in [0.717, 1.165) is 37.2 Å². The molecule has 0 unspecified atom stereocenters. The third-order valence-electron chi connectivity index (χ3n) is 2.76. The van der Waals surface area contributed by atoms with Gasteiger partial charge in [-0.3, -0.25) is 0 Å². The van der Waals surface area contributed by atoms with Crippen LogP contribution in [0.2, 0.25) is 0 Å². The number of nitriles is 1. The Hall–Kier alpha value is -1.56. The Kier molecular flexibility index (Phi) is 2.86. The van der Waals surface area contributed by atoms with E-state index in [1.807, 2.05) is 0 Å². The lowest BCUT2D eigenvalue weighted by atomic mass is 10.1. The fraction of sp³-hybridized carbons (Fsp3) is 0.417. The quantitative estimate of drug-likeness (QED) is 0.740. The Balaban J connectivity index is 2.33. The SMILES string of the molecule is N#CCc1ccc(F)cc1N1CCCC1. The maximum absolute atomic E-state index is 13.1. The average Bonchev–Trinajstić information content (AvgIpc) is 2.74. The van der Waals surface area contributed by atoms with Gasteiger partial charge < -0.3 is 4.90 Å². The van der Waals surface area contributed by atoms with E-state index in [9.17, 15) is 4.39 Å². The van der Waals surface area contributed by atoms with Crippen LogP contribution >= 0.6 is 0 Å². The third-order valence-corrected chi connectivity index (χ3v) is 2.76. The van der Waals surface area contributed by atoms with Gasteiger partial charge >= 0.3 is 0 Å². The van der Waals surface area contributed by atoms with Gasteiger partial charge in [0.1, 0.15) is 5.82 Å². The van der Waals surface area contributed by atoms with E-state index in [1.54, 1.807) is 6.07 Å². The van der Waals surface area contributed by atoms with Crippen LogP contribution in [0.5, 0.6) is 0 Å². The number of halogens is 1. The summed E-state index contributed by atoms with van der Waals surface area (Å²) in [6.07, 6.45) is 2.66. The molecule has 15 heavy (non-hydrogen) atoms. The third kappa shape index (κ3) is 2.10. The molecule has 2 rings (SSSR count). The fourth-order valence-electron chi connectivity index (χ4n) is 2.02. The Morgan fingerprint density at radius 2 is 2.07 bits per heavy atom. The second-order valence-corrected chi connectivity index (χ2v) is 3.80. The van der Waals surface area contributed by atoms with Crippen LogP contribution in [0.3, 0.4) is 0 Å². The van der Waals surface area contributed by atoms with Gasteiger partial charge in [0.15, 0.2) is 0 Å². The van der Waals surface area contributed by atoms with E-state index in [0.29, 0.717) is 6.42 Å². The summed E-state index contributed by atoms with van der Waals surface area (Å²) in [5.74, 6) is -0.224. The minimum Gasteiger partial charge on any atom is -0.371 e. The van der Waals surface area contributed by atoms with Crippen molar-refractivity contribution in [2.75, 3.05) is 18.0 Å². The van der Waals surface area contributed by atoms with Crippen molar-refractivity contribution in [3.8, 4) is 6.07 Å². The molecule has 78 valence electrons. The molecule has 1 heterocycles. The van der Waals surface area contributed by atoms with Crippen LogP contribution in [0.1, 0.15) is 18.4 Å². The van der Waals surface area contributed by atoms with E-state index in [-0.39, 0.29) is 5.82 Å². The molecule has 1 aromatic carbocycles. The molecule has 1 fully saturated rings. The molecule has 1 aromatic rings. The topological polar surface area (TPSA) is 27.0 Å². The van der Waals surface area contributed by atoms with Crippen molar-refractivity contribution in [3.63, 3.8) is 0 Å². The molecule has 0 spiro atoms. The molecular formula is C12H13FN2. The maximum Gasteiger partial charge on any atom is 0.125 e. The van der Waals surface area contributed by atoms with Crippen LogP contribution in [0.4, 0.5) is 10.1 Å². The zero-order valence-electron chi connectivity index (χ0n) is 8.54. The smallest absolute Gasteiger partial charge is 0.125 e. The largest absolute Gasteiger partial charge is 0.371 e. The van der Waals surface area contributed by atoms with E-state index in [1.165, 1.54) is 12.1 Å². The standard InChI is InChI=1S/C12H13FN2/c13-11-4-3-10(5-6-14)12(9-11)15-7-1-2-8-15/h3-4,9H,1-2,5,7-8H2. The molecule has 3 heteroatoms. The zero-order valence-corrected chi connectivity index (χ0v) is 8.54. The minimum atomic E-state index is -0.224. The number of anilines is 1. The highest BCUT2D eigenvalue weighted by molar-refractivity contribution is 5.55. The molecule has 0 aromatic heterocycles. The van der Waals surface area contributed by atoms with Crippen LogP contribution in [0, 0.1) is 17.1 Å². The predicted octanol–water partition coefficient (Wildman–Crippen LogP) is 2.49. The molecule has 0 N–H and O–H groups in total. The van der Waals surface area contributed by atoms with Crippen molar-refractivity contribution in [1.29, 1.82) is 5.26 Å². The van der Waals surface area contributed by atoms with E-state index < -0.39 is 0 Å². The number of rotatable bonds is 2. The summed E-state index contributed by atoms with van der Waals surface area (Å²) >= 11 is 0. The summed E-state index contributed by atoms with van der Waals surface area (Å²) in [5, 5.41) is 8.69. The monoisotopic (exact) mass is 204 g/mol. The second kappa shape index (κ2) is 4.31. The van der Waals surface area contributed by atoms with Gasteiger partial charge in [-0.2, -0.15) is 5.26 Å². The summed E-state index contributed by atoms with van der Waals surface area (Å²) in [4.78, 5) is 2.16. The molecule has 0 radical (unpaired) electrons. The predicted molar refractivity (Wildman–Crippen MR) is 57.2 cm³/mol. The lowest BCUT2D eigenvalue weighted by Crippen LogP contribution is -2.19. The first-order valence-electron chi connectivity index (χ1n) is 5.21. The molecule has 0 bridgehead atoms. The van der Waals surface area contributed by atoms with E-state index >= 15 is 0 Å². The molecule has 2 nitrogen and oxygen atoms in total.